The van der Waals surface area contributed by atoms with Crippen LogP contribution in [0.2, 0.25) is 0 Å². The Morgan fingerprint density at radius 1 is 1.32 bits per heavy atom. The molecule has 0 aliphatic carbocycles. The van der Waals surface area contributed by atoms with Gasteiger partial charge in [0.25, 0.3) is 0 Å². The third-order valence-corrected chi connectivity index (χ3v) is 4.61. The summed E-state index contributed by atoms with van der Waals surface area (Å²) in [7, 11) is 0. The summed E-state index contributed by atoms with van der Waals surface area (Å²) in [5.41, 5.74) is 1.16. The van der Waals surface area contributed by atoms with Crippen LogP contribution in [0, 0.1) is 0 Å². The second-order valence-corrected chi connectivity index (χ2v) is 6.92. The van der Waals surface area contributed by atoms with E-state index in [4.69, 9.17) is 0 Å². The fraction of sp³-hybridized carbons (Fsp3) is 0.467. The van der Waals surface area contributed by atoms with Crippen LogP contribution in [0.5, 0.6) is 0 Å². The molecular formula is C15H23IN4S2. The summed E-state index contributed by atoms with van der Waals surface area (Å²) in [6.07, 6.45) is 0. The van der Waals surface area contributed by atoms with Crippen molar-refractivity contribution in [3.8, 4) is 0 Å². The number of aromatic nitrogens is 1. The first-order chi connectivity index (χ1) is 10.2. The van der Waals surface area contributed by atoms with Crippen LogP contribution < -0.4 is 10.6 Å². The zero-order valence-corrected chi connectivity index (χ0v) is 17.1. The molecule has 0 atom stereocenters. The van der Waals surface area contributed by atoms with Gasteiger partial charge >= 0.3 is 0 Å². The van der Waals surface area contributed by atoms with E-state index in [1.807, 2.05) is 0 Å². The van der Waals surface area contributed by atoms with Crippen LogP contribution in [0.4, 0.5) is 0 Å². The van der Waals surface area contributed by atoms with Gasteiger partial charge < -0.3 is 10.6 Å². The Labute approximate surface area is 157 Å². The van der Waals surface area contributed by atoms with E-state index in [0.29, 0.717) is 19.0 Å². The van der Waals surface area contributed by atoms with Crippen molar-refractivity contribution in [3.05, 3.63) is 38.5 Å². The Kier molecular flexibility index (Phi) is 8.96. The molecule has 0 unspecified atom stereocenters. The molecule has 22 heavy (non-hydrogen) atoms. The van der Waals surface area contributed by atoms with Crippen molar-refractivity contribution in [2.75, 3.05) is 6.54 Å². The minimum absolute atomic E-state index is 0. The summed E-state index contributed by atoms with van der Waals surface area (Å²) in [6.45, 7) is 8.68. The first-order valence-electron chi connectivity index (χ1n) is 7.18. The highest BCUT2D eigenvalue weighted by Gasteiger charge is 2.06. The zero-order valence-electron chi connectivity index (χ0n) is 13.1. The molecule has 0 spiro atoms. The lowest BCUT2D eigenvalue weighted by Crippen LogP contribution is -2.36. The van der Waals surface area contributed by atoms with Gasteiger partial charge in [0.2, 0.25) is 0 Å². The Bertz CT molecular complexity index is 564. The molecule has 0 aliphatic rings. The lowest BCUT2D eigenvalue weighted by atomic mass is 10.2. The molecule has 0 saturated heterocycles. The van der Waals surface area contributed by atoms with Crippen molar-refractivity contribution in [1.82, 2.24) is 15.6 Å². The average molecular weight is 450 g/mol. The highest BCUT2D eigenvalue weighted by molar-refractivity contribution is 14.0. The SMILES string of the molecule is CCNC(=NCc1cccs1)NCc1nc(C(C)C)cs1.I. The van der Waals surface area contributed by atoms with Gasteiger partial charge in [-0.05, 0) is 24.3 Å². The second-order valence-electron chi connectivity index (χ2n) is 4.95. The first kappa shape index (κ1) is 19.4. The third kappa shape index (κ3) is 6.21. The minimum Gasteiger partial charge on any atom is -0.357 e. The van der Waals surface area contributed by atoms with E-state index in [2.05, 4.69) is 64.3 Å². The van der Waals surface area contributed by atoms with Gasteiger partial charge in [-0.3, -0.25) is 0 Å². The smallest absolute Gasteiger partial charge is 0.191 e. The van der Waals surface area contributed by atoms with E-state index < -0.39 is 0 Å². The first-order valence-corrected chi connectivity index (χ1v) is 8.93. The van der Waals surface area contributed by atoms with Crippen LogP contribution in [0.1, 0.15) is 42.3 Å². The fourth-order valence-electron chi connectivity index (χ4n) is 1.73. The lowest BCUT2D eigenvalue weighted by molar-refractivity contribution is 0.788. The van der Waals surface area contributed by atoms with Crippen molar-refractivity contribution in [1.29, 1.82) is 0 Å². The van der Waals surface area contributed by atoms with E-state index in [-0.39, 0.29) is 24.0 Å². The van der Waals surface area contributed by atoms with Crippen molar-refractivity contribution >= 4 is 52.6 Å². The summed E-state index contributed by atoms with van der Waals surface area (Å²) in [4.78, 5) is 10.5. The maximum absolute atomic E-state index is 4.63. The summed E-state index contributed by atoms with van der Waals surface area (Å²) >= 11 is 3.43. The van der Waals surface area contributed by atoms with Crippen LogP contribution in [0.15, 0.2) is 27.9 Å². The highest BCUT2D eigenvalue weighted by atomic mass is 127. The van der Waals surface area contributed by atoms with Crippen molar-refractivity contribution in [2.24, 2.45) is 4.99 Å². The van der Waals surface area contributed by atoms with Gasteiger partial charge in [-0.25, -0.2) is 9.98 Å². The van der Waals surface area contributed by atoms with Gasteiger partial charge in [0.05, 0.1) is 18.8 Å². The number of aliphatic imine (C=N–C) groups is 1. The monoisotopic (exact) mass is 450 g/mol. The van der Waals surface area contributed by atoms with Gasteiger partial charge in [0.15, 0.2) is 5.96 Å². The normalized spacial score (nSPS) is 11.4. The largest absolute Gasteiger partial charge is 0.357 e. The summed E-state index contributed by atoms with van der Waals surface area (Å²) < 4.78 is 0. The van der Waals surface area contributed by atoms with E-state index in [9.17, 15) is 0 Å². The number of guanidine groups is 1. The summed E-state index contributed by atoms with van der Waals surface area (Å²) in [6, 6.07) is 4.16. The maximum Gasteiger partial charge on any atom is 0.191 e. The standard InChI is InChI=1S/C15H22N4S2.HI/c1-4-16-15(17-8-12-6-5-7-20-12)18-9-14-19-13(10-21-14)11(2)3;/h5-7,10-11H,4,8-9H2,1-3H3,(H2,16,17,18);1H. The van der Waals surface area contributed by atoms with Gasteiger partial charge in [0, 0.05) is 16.8 Å². The molecule has 0 bridgehead atoms. The Morgan fingerprint density at radius 2 is 2.14 bits per heavy atom. The van der Waals surface area contributed by atoms with Crippen molar-refractivity contribution in [2.45, 2.75) is 39.8 Å². The molecule has 2 rings (SSSR count). The molecule has 7 heteroatoms. The Hall–Kier alpha value is -0.670. The van der Waals surface area contributed by atoms with Crippen LogP contribution in [-0.4, -0.2) is 17.5 Å². The number of halogens is 1. The number of thiophene rings is 1. The summed E-state index contributed by atoms with van der Waals surface area (Å²) in [5.74, 6) is 1.32. The molecule has 0 aliphatic heterocycles. The second kappa shape index (κ2) is 10.2. The molecule has 2 aromatic heterocycles. The fourth-order valence-corrected chi connectivity index (χ4v) is 3.26. The molecule has 2 aromatic rings. The molecule has 4 nitrogen and oxygen atoms in total. The van der Waals surface area contributed by atoms with Crippen LogP contribution >= 0.6 is 46.7 Å². The average Bonchev–Trinajstić information content (AvgIpc) is 3.13. The molecule has 2 heterocycles. The van der Waals surface area contributed by atoms with Crippen LogP contribution in [0.3, 0.4) is 0 Å². The lowest BCUT2D eigenvalue weighted by Gasteiger charge is -2.09. The molecule has 0 fully saturated rings. The molecule has 0 radical (unpaired) electrons. The maximum atomic E-state index is 4.63. The molecule has 0 saturated carbocycles. The molecule has 2 N–H and O–H groups in total. The topological polar surface area (TPSA) is 49.3 Å². The third-order valence-electron chi connectivity index (χ3n) is 2.89. The van der Waals surface area contributed by atoms with Gasteiger partial charge in [0.1, 0.15) is 5.01 Å². The quantitative estimate of drug-likeness (QED) is 0.394. The molecule has 0 amide bonds. The number of thiazole rings is 1. The van der Waals surface area contributed by atoms with Crippen molar-refractivity contribution in [3.63, 3.8) is 0 Å². The molecule has 0 aromatic carbocycles. The zero-order chi connectivity index (χ0) is 15.1. The highest BCUT2D eigenvalue weighted by Crippen LogP contribution is 2.17. The van der Waals surface area contributed by atoms with E-state index >= 15 is 0 Å². The van der Waals surface area contributed by atoms with Crippen molar-refractivity contribution < 1.29 is 0 Å². The van der Waals surface area contributed by atoms with Crippen LogP contribution in [-0.2, 0) is 13.1 Å². The van der Waals surface area contributed by atoms with Gasteiger partial charge in [-0.15, -0.1) is 46.7 Å². The number of nitrogens with one attached hydrogen (secondary N) is 2. The number of hydrogen-bond donors (Lipinski definition) is 2. The predicted molar refractivity (Wildman–Crippen MR) is 108 cm³/mol. The molecular weight excluding hydrogens is 427 g/mol. The van der Waals surface area contributed by atoms with E-state index in [1.54, 1.807) is 22.7 Å². The Morgan fingerprint density at radius 3 is 2.73 bits per heavy atom. The minimum atomic E-state index is 0. The number of rotatable bonds is 6. The predicted octanol–water partition coefficient (Wildman–Crippen LogP) is 4.20. The Balaban J connectivity index is 0.00000242. The van der Waals surface area contributed by atoms with E-state index in [0.717, 1.165) is 23.2 Å². The van der Waals surface area contributed by atoms with Gasteiger partial charge in [-0.1, -0.05) is 19.9 Å². The van der Waals surface area contributed by atoms with Crippen LogP contribution in [0.25, 0.3) is 0 Å². The molecule has 122 valence electrons. The van der Waals surface area contributed by atoms with Gasteiger partial charge in [-0.2, -0.15) is 0 Å². The number of hydrogen-bond acceptors (Lipinski definition) is 4. The summed E-state index contributed by atoms with van der Waals surface area (Å²) in [5, 5.41) is 11.9. The number of nitrogens with zero attached hydrogens (tertiary/aromatic N) is 2. The van der Waals surface area contributed by atoms with E-state index in [1.165, 1.54) is 4.88 Å².